The highest BCUT2D eigenvalue weighted by Crippen LogP contribution is 2.50. The maximum Gasteiger partial charge on any atom is 0.160 e. The molecular weight excluding hydrogens is 1640 g/mol. The average Bonchev–Trinajstić information content (AvgIpc) is 1.58. The lowest BCUT2D eigenvalue weighted by molar-refractivity contribution is 1.18. The molecule has 0 radical (unpaired) electrons. The summed E-state index contributed by atoms with van der Waals surface area (Å²) in [6.07, 6.45) is 0. The molecule has 8 aromatic heterocycles. The minimum Gasteiger partial charge on any atom is -0.228 e. The van der Waals surface area contributed by atoms with Crippen molar-refractivity contribution in [2.45, 2.75) is 0 Å². The van der Waals surface area contributed by atoms with Crippen molar-refractivity contribution in [1.29, 1.82) is 0 Å². The van der Waals surface area contributed by atoms with Gasteiger partial charge in [-0.15, -0.1) is 68.0 Å². The maximum absolute atomic E-state index is 5.48. The quantitative estimate of drug-likeness (QED) is 0.115. The molecule has 10 heteroatoms. The summed E-state index contributed by atoms with van der Waals surface area (Å²) in [6, 6.07) is 147. The Hall–Kier alpha value is -14.6. The van der Waals surface area contributed by atoms with E-state index in [2.05, 4.69) is 400 Å². The largest absolute Gasteiger partial charge is 0.228 e. The number of thiophene rings is 6. The molecule has 0 saturated carbocycles. The highest BCUT2D eigenvalue weighted by molar-refractivity contribution is 7.28. The Balaban J connectivity index is 0.528. The van der Waals surface area contributed by atoms with Gasteiger partial charge in [-0.2, -0.15) is 0 Å². The normalized spacial score (nSPS) is 12.0. The van der Waals surface area contributed by atoms with E-state index in [4.69, 9.17) is 19.9 Å². The predicted molar refractivity (Wildman–Crippen MR) is 546 cm³/mol. The summed E-state index contributed by atoms with van der Waals surface area (Å²) in [5, 5.41) is 15.4. The molecule has 0 amide bonds. The summed E-state index contributed by atoms with van der Waals surface area (Å²) in [7, 11) is 0. The van der Waals surface area contributed by atoms with Gasteiger partial charge in [-0.1, -0.05) is 315 Å². The Morgan fingerprint density at radius 1 is 0.135 bits per heavy atom. The van der Waals surface area contributed by atoms with Gasteiger partial charge in [-0.05, 0) is 157 Å². The van der Waals surface area contributed by atoms with Crippen LogP contribution in [0.2, 0.25) is 0 Å². The van der Waals surface area contributed by atoms with E-state index in [0.29, 0.717) is 11.6 Å². The van der Waals surface area contributed by atoms with Crippen LogP contribution in [-0.2, 0) is 0 Å². The molecule has 18 aromatic carbocycles. The van der Waals surface area contributed by atoms with Crippen LogP contribution in [0.4, 0.5) is 0 Å². The summed E-state index contributed by atoms with van der Waals surface area (Å²) in [5.41, 5.74) is 25.9. The van der Waals surface area contributed by atoms with Gasteiger partial charge >= 0.3 is 0 Å². The summed E-state index contributed by atoms with van der Waals surface area (Å²) >= 11 is 11.2. The van der Waals surface area contributed by atoms with Crippen molar-refractivity contribution in [3.8, 4) is 146 Å². The van der Waals surface area contributed by atoms with Crippen LogP contribution in [0.25, 0.3) is 267 Å². The summed E-state index contributed by atoms with van der Waals surface area (Å²) < 4.78 is 15.4. The van der Waals surface area contributed by atoms with E-state index >= 15 is 0 Å². The van der Waals surface area contributed by atoms with Crippen molar-refractivity contribution in [3.63, 3.8) is 0 Å². The zero-order valence-corrected chi connectivity index (χ0v) is 72.2. The monoisotopic (exact) mass is 1710 g/mol. The zero-order chi connectivity index (χ0) is 82.6. The van der Waals surface area contributed by atoms with Gasteiger partial charge in [0.05, 0.1) is 22.8 Å². The van der Waals surface area contributed by atoms with E-state index in [1.807, 2.05) is 68.0 Å². The van der Waals surface area contributed by atoms with Crippen LogP contribution in [0.15, 0.2) is 400 Å². The van der Waals surface area contributed by atoms with Crippen molar-refractivity contribution < 1.29 is 0 Å². The van der Waals surface area contributed by atoms with Gasteiger partial charge in [-0.3, -0.25) is 0 Å². The smallest absolute Gasteiger partial charge is 0.160 e. The van der Waals surface area contributed by atoms with Crippen LogP contribution in [0.1, 0.15) is 0 Å². The van der Waals surface area contributed by atoms with Gasteiger partial charge in [-0.25, -0.2) is 19.9 Å². The maximum atomic E-state index is 5.48. The third kappa shape index (κ3) is 12.5. The Bertz CT molecular complexity index is 8580. The first-order chi connectivity index (χ1) is 62.3. The number of fused-ring (bicyclic) bond motifs is 18. The fraction of sp³-hybridized carbons (Fsp3) is 0. The number of hydrogen-bond acceptors (Lipinski definition) is 10. The lowest BCUT2D eigenvalue weighted by Gasteiger charge is -2.14. The second-order valence-electron chi connectivity index (χ2n) is 32.6. The van der Waals surface area contributed by atoms with E-state index in [-0.39, 0.29) is 0 Å². The molecule has 26 aromatic rings. The topological polar surface area (TPSA) is 51.6 Å². The first kappa shape index (κ1) is 73.0. The molecule has 0 spiro atoms. The van der Waals surface area contributed by atoms with Crippen LogP contribution in [0.3, 0.4) is 0 Å². The van der Waals surface area contributed by atoms with Crippen LogP contribution in [-0.4, -0.2) is 19.9 Å². The van der Waals surface area contributed by atoms with E-state index in [9.17, 15) is 0 Å². The first-order valence-electron chi connectivity index (χ1n) is 42.3. The molecule has 0 fully saturated rings. The number of benzene rings is 18. The van der Waals surface area contributed by atoms with Crippen LogP contribution >= 0.6 is 68.0 Å². The van der Waals surface area contributed by atoms with E-state index in [0.717, 1.165) is 89.5 Å². The lowest BCUT2D eigenvalue weighted by Crippen LogP contribution is -1.96. The number of rotatable bonds is 13. The molecule has 126 heavy (non-hydrogen) atoms. The molecular formula is C116H66N4S6. The van der Waals surface area contributed by atoms with Crippen molar-refractivity contribution in [1.82, 2.24) is 19.9 Å². The van der Waals surface area contributed by atoms with Crippen LogP contribution in [0.5, 0.6) is 0 Å². The Morgan fingerprint density at radius 3 is 0.802 bits per heavy atom. The van der Waals surface area contributed by atoms with Crippen molar-refractivity contribution in [3.05, 3.63) is 400 Å². The Kier molecular flexibility index (Phi) is 17.1. The van der Waals surface area contributed by atoms with Gasteiger partial charge in [0, 0.05) is 160 Å². The number of aromatic nitrogens is 4. The highest BCUT2D eigenvalue weighted by atomic mass is 32.1. The lowest BCUT2D eigenvalue weighted by atomic mass is 9.91. The molecule has 586 valence electrons. The molecule has 0 saturated heterocycles. The average molecular weight is 1710 g/mol. The minimum absolute atomic E-state index is 0.672. The standard InChI is InChI=1S/C116H66N4S6/c1-8-24-104-86(13-1)92-20-11-18-84(112(92)124-104)70-33-41-74(42-34-70)100-66-101(120-116(119-100)78-49-35-71(36-50-78)85-19-12-21-93-87-14-2-9-25-105(87)125-113(85)93)75-43-45-76(46-44-75)111-83(56-57-94-88-15-3-10-26-106(88)126-114(94)111)82-51-55-91-97-63-81(54-60-109(97)123-110(91)64-82)69-31-47-77(48-32-69)115-117-98(72-37-27-67(28-38-72)79-52-58-107-95(61-79)89-16-4-6-22-102(89)121-107)65-99(118-115)73-39-29-68(30-40-73)80-53-59-108-96(62-80)90-17-5-7-23-103(90)122-108/h1-66H. The first-order valence-corrected chi connectivity index (χ1v) is 47.2. The molecule has 0 bridgehead atoms. The van der Waals surface area contributed by atoms with Crippen molar-refractivity contribution >= 4 is 189 Å². The number of hydrogen-bond donors (Lipinski definition) is 0. The Morgan fingerprint density at radius 2 is 0.405 bits per heavy atom. The second kappa shape index (κ2) is 29.6. The van der Waals surface area contributed by atoms with Crippen molar-refractivity contribution in [2.75, 3.05) is 0 Å². The van der Waals surface area contributed by atoms with E-state index in [1.165, 1.54) is 166 Å². The van der Waals surface area contributed by atoms with Crippen LogP contribution < -0.4 is 0 Å². The van der Waals surface area contributed by atoms with E-state index < -0.39 is 0 Å². The second-order valence-corrected chi connectivity index (χ2v) is 39.0. The molecule has 0 aliphatic heterocycles. The van der Waals surface area contributed by atoms with Gasteiger partial charge in [0.15, 0.2) is 11.6 Å². The van der Waals surface area contributed by atoms with Crippen molar-refractivity contribution in [2.24, 2.45) is 0 Å². The molecule has 0 N–H and O–H groups in total. The molecule has 26 rings (SSSR count). The summed E-state index contributed by atoms with van der Waals surface area (Å²) in [6.45, 7) is 0. The fourth-order valence-electron chi connectivity index (χ4n) is 18.9. The summed E-state index contributed by atoms with van der Waals surface area (Å²) in [4.78, 5) is 21.7. The molecule has 8 heterocycles. The molecule has 0 aliphatic rings. The highest BCUT2D eigenvalue weighted by Gasteiger charge is 2.23. The zero-order valence-electron chi connectivity index (χ0n) is 67.3. The van der Waals surface area contributed by atoms with Gasteiger partial charge in [0.1, 0.15) is 0 Å². The van der Waals surface area contributed by atoms with Gasteiger partial charge in [0.2, 0.25) is 0 Å². The number of nitrogens with zero attached hydrogens (tertiary/aromatic N) is 4. The third-order valence-corrected chi connectivity index (χ3v) is 32.3. The Labute approximate surface area is 748 Å². The SMILES string of the molecule is c1ccc2c(c1)sc1ccc(-c3ccc(-c4cc(-c5ccc(-c6ccc7sc8ccccc8c7c6)cc5)nc(-c5ccc(-c6ccc7sc8cc(-c9ccc%10c(sc%11ccccc%11%10)c9-c9ccc(-c%10cc(-c%11ccc(-c%12cccc%13c%12sc%12ccccc%12%13)cc%11)nc(-c%11ccc(-c%12cccc%13c%12sc%12ccccc%12%13)cc%11)n%10)cc9)ccc8c7c6)cc5)n4)cc3)cc12. The molecule has 0 aliphatic carbocycles. The minimum atomic E-state index is 0.672. The molecule has 4 nitrogen and oxygen atoms in total. The van der Waals surface area contributed by atoms with Gasteiger partial charge < -0.3 is 0 Å². The van der Waals surface area contributed by atoms with Gasteiger partial charge in [0.25, 0.3) is 0 Å². The summed E-state index contributed by atoms with van der Waals surface area (Å²) in [5.74, 6) is 1.35. The predicted octanol–water partition coefficient (Wildman–Crippen LogP) is 35.1. The fourth-order valence-corrected chi connectivity index (χ4v) is 25.9. The van der Waals surface area contributed by atoms with Crippen LogP contribution in [0, 0.1) is 0 Å². The molecule has 0 atom stereocenters. The van der Waals surface area contributed by atoms with E-state index in [1.54, 1.807) is 0 Å². The molecule has 0 unspecified atom stereocenters. The third-order valence-electron chi connectivity index (χ3n) is 25.3.